The molecule has 0 atom stereocenters. The number of aryl methyl sites for hydroxylation is 1. The number of aromatic nitrogens is 2. The maximum atomic E-state index is 13.7. The number of Topliss-reactive ketones (excluding diaryl/α,β-unsaturated/α-hetero) is 1. The molecule has 0 aliphatic carbocycles. The van der Waals surface area contributed by atoms with Crippen molar-refractivity contribution in [2.45, 2.75) is 20.4 Å². The van der Waals surface area contributed by atoms with Crippen molar-refractivity contribution >= 4 is 5.78 Å². The van der Waals surface area contributed by atoms with E-state index in [1.807, 2.05) is 6.92 Å². The van der Waals surface area contributed by atoms with E-state index in [4.69, 9.17) is 0 Å². The maximum absolute atomic E-state index is 13.7. The summed E-state index contributed by atoms with van der Waals surface area (Å²) in [5.74, 6) is -0.417. The van der Waals surface area contributed by atoms with E-state index in [1.54, 1.807) is 23.1 Å². The Bertz CT molecular complexity index is 560. The number of hydrogen-bond donors (Lipinski definition) is 0. The van der Waals surface area contributed by atoms with Crippen LogP contribution in [0.4, 0.5) is 4.39 Å². The standard InChI is InChI=1S/C13H13FN2O/c1-3-16-8-11(7-15-16)12-6-10(9(2)17)4-5-13(12)14/h4-8H,3H2,1-2H3. The van der Waals surface area contributed by atoms with Gasteiger partial charge >= 0.3 is 0 Å². The van der Waals surface area contributed by atoms with Crippen LogP contribution in [0, 0.1) is 5.82 Å². The van der Waals surface area contributed by atoms with Crippen molar-refractivity contribution in [1.82, 2.24) is 9.78 Å². The molecule has 3 nitrogen and oxygen atoms in total. The zero-order valence-corrected chi connectivity index (χ0v) is 9.77. The van der Waals surface area contributed by atoms with Crippen LogP contribution in [-0.2, 0) is 6.54 Å². The van der Waals surface area contributed by atoms with Gasteiger partial charge in [0.05, 0.1) is 6.20 Å². The zero-order valence-electron chi connectivity index (χ0n) is 9.77. The predicted octanol–water partition coefficient (Wildman–Crippen LogP) is 2.91. The highest BCUT2D eigenvalue weighted by Crippen LogP contribution is 2.23. The average molecular weight is 232 g/mol. The highest BCUT2D eigenvalue weighted by Gasteiger charge is 2.10. The zero-order chi connectivity index (χ0) is 12.4. The summed E-state index contributed by atoms with van der Waals surface area (Å²) in [6.07, 6.45) is 3.37. The molecule has 0 N–H and O–H groups in total. The number of benzene rings is 1. The minimum absolute atomic E-state index is 0.0749. The number of carbonyl (C=O) groups is 1. The normalized spacial score (nSPS) is 10.5. The lowest BCUT2D eigenvalue weighted by Gasteiger charge is -2.02. The first kappa shape index (κ1) is 11.5. The molecule has 0 saturated carbocycles. The maximum Gasteiger partial charge on any atom is 0.159 e. The van der Waals surface area contributed by atoms with E-state index in [2.05, 4.69) is 5.10 Å². The molecule has 1 heterocycles. The summed E-state index contributed by atoms with van der Waals surface area (Å²) in [6.45, 7) is 4.15. The number of ketones is 1. The first-order valence-corrected chi connectivity index (χ1v) is 5.45. The number of hydrogen-bond acceptors (Lipinski definition) is 2. The molecule has 88 valence electrons. The van der Waals surface area contributed by atoms with Crippen LogP contribution in [0.15, 0.2) is 30.6 Å². The molecule has 0 spiro atoms. The second kappa shape index (κ2) is 4.49. The Morgan fingerprint density at radius 3 is 2.82 bits per heavy atom. The van der Waals surface area contributed by atoms with E-state index in [1.165, 1.54) is 19.1 Å². The number of nitrogens with zero attached hydrogens (tertiary/aromatic N) is 2. The van der Waals surface area contributed by atoms with Crippen molar-refractivity contribution in [3.05, 3.63) is 42.0 Å². The van der Waals surface area contributed by atoms with E-state index < -0.39 is 0 Å². The Hall–Kier alpha value is -1.97. The highest BCUT2D eigenvalue weighted by atomic mass is 19.1. The van der Waals surface area contributed by atoms with Gasteiger partial charge in [0, 0.05) is 29.4 Å². The van der Waals surface area contributed by atoms with Gasteiger partial charge in [0.25, 0.3) is 0 Å². The van der Waals surface area contributed by atoms with Gasteiger partial charge in [-0.2, -0.15) is 5.10 Å². The summed E-state index contributed by atoms with van der Waals surface area (Å²) in [6, 6.07) is 4.37. The molecule has 0 radical (unpaired) electrons. The molecular formula is C13H13FN2O. The summed E-state index contributed by atoms with van der Waals surface area (Å²) in [5, 5.41) is 4.09. The summed E-state index contributed by atoms with van der Waals surface area (Å²) in [4.78, 5) is 11.3. The van der Waals surface area contributed by atoms with Gasteiger partial charge in [-0.1, -0.05) is 0 Å². The Kier molecular flexibility index (Phi) is 3.04. The molecule has 0 aliphatic rings. The van der Waals surface area contributed by atoms with Crippen LogP contribution in [0.25, 0.3) is 11.1 Å². The monoisotopic (exact) mass is 232 g/mol. The molecule has 0 fully saturated rings. The third kappa shape index (κ3) is 2.25. The van der Waals surface area contributed by atoms with Crippen LogP contribution < -0.4 is 0 Å². The van der Waals surface area contributed by atoms with Crippen LogP contribution in [0.2, 0.25) is 0 Å². The van der Waals surface area contributed by atoms with Gasteiger partial charge in [0.2, 0.25) is 0 Å². The number of rotatable bonds is 3. The SMILES string of the molecule is CCn1cc(-c2cc(C(C)=O)ccc2F)cn1. The lowest BCUT2D eigenvalue weighted by Crippen LogP contribution is -1.94. The van der Waals surface area contributed by atoms with Gasteiger partial charge < -0.3 is 0 Å². The van der Waals surface area contributed by atoms with E-state index in [-0.39, 0.29) is 11.6 Å². The van der Waals surface area contributed by atoms with Crippen molar-refractivity contribution in [3.8, 4) is 11.1 Å². The first-order chi connectivity index (χ1) is 8.11. The van der Waals surface area contributed by atoms with E-state index in [0.717, 1.165) is 6.54 Å². The molecule has 0 saturated heterocycles. The van der Waals surface area contributed by atoms with Crippen LogP contribution in [0.3, 0.4) is 0 Å². The van der Waals surface area contributed by atoms with E-state index in [0.29, 0.717) is 16.7 Å². The largest absolute Gasteiger partial charge is 0.295 e. The highest BCUT2D eigenvalue weighted by molar-refractivity contribution is 5.95. The van der Waals surface area contributed by atoms with E-state index >= 15 is 0 Å². The van der Waals surface area contributed by atoms with Crippen molar-refractivity contribution in [2.24, 2.45) is 0 Å². The van der Waals surface area contributed by atoms with Crippen molar-refractivity contribution in [2.75, 3.05) is 0 Å². The molecule has 2 aromatic rings. The predicted molar refractivity (Wildman–Crippen MR) is 63.3 cm³/mol. The fraction of sp³-hybridized carbons (Fsp3) is 0.231. The summed E-state index contributed by atoms with van der Waals surface area (Å²) in [5.41, 5.74) is 1.61. The van der Waals surface area contributed by atoms with Crippen LogP contribution in [-0.4, -0.2) is 15.6 Å². The van der Waals surface area contributed by atoms with Crippen molar-refractivity contribution in [1.29, 1.82) is 0 Å². The molecule has 0 aliphatic heterocycles. The first-order valence-electron chi connectivity index (χ1n) is 5.45. The van der Waals surface area contributed by atoms with Crippen molar-refractivity contribution in [3.63, 3.8) is 0 Å². The fourth-order valence-corrected chi connectivity index (χ4v) is 1.64. The lowest BCUT2D eigenvalue weighted by molar-refractivity contribution is 0.101. The minimum atomic E-state index is -0.342. The van der Waals surface area contributed by atoms with Gasteiger partial charge in [-0.15, -0.1) is 0 Å². The fourth-order valence-electron chi connectivity index (χ4n) is 1.64. The van der Waals surface area contributed by atoms with Gasteiger partial charge in [-0.3, -0.25) is 9.48 Å². The summed E-state index contributed by atoms with van der Waals surface area (Å²) < 4.78 is 15.4. The third-order valence-electron chi connectivity index (χ3n) is 2.64. The Morgan fingerprint density at radius 2 is 2.24 bits per heavy atom. The van der Waals surface area contributed by atoms with E-state index in [9.17, 15) is 9.18 Å². The van der Waals surface area contributed by atoms with Crippen LogP contribution in [0.5, 0.6) is 0 Å². The molecule has 1 aromatic heterocycles. The number of carbonyl (C=O) groups excluding carboxylic acids is 1. The smallest absolute Gasteiger partial charge is 0.159 e. The van der Waals surface area contributed by atoms with Gasteiger partial charge in [0.1, 0.15) is 5.82 Å². The molecule has 2 rings (SSSR count). The molecule has 17 heavy (non-hydrogen) atoms. The molecular weight excluding hydrogens is 219 g/mol. The molecule has 0 unspecified atom stereocenters. The van der Waals surface area contributed by atoms with Gasteiger partial charge in [-0.25, -0.2) is 4.39 Å². The molecule has 0 amide bonds. The number of halogens is 1. The Balaban J connectivity index is 2.49. The van der Waals surface area contributed by atoms with Crippen LogP contribution in [0.1, 0.15) is 24.2 Å². The average Bonchev–Trinajstić information content (AvgIpc) is 2.77. The second-order valence-electron chi connectivity index (χ2n) is 3.84. The summed E-state index contributed by atoms with van der Waals surface area (Å²) >= 11 is 0. The second-order valence-corrected chi connectivity index (χ2v) is 3.84. The van der Waals surface area contributed by atoms with Crippen LogP contribution >= 0.6 is 0 Å². The van der Waals surface area contributed by atoms with Crippen molar-refractivity contribution < 1.29 is 9.18 Å². The van der Waals surface area contributed by atoms with Gasteiger partial charge in [0.15, 0.2) is 5.78 Å². The topological polar surface area (TPSA) is 34.9 Å². The third-order valence-corrected chi connectivity index (χ3v) is 2.64. The quantitative estimate of drug-likeness (QED) is 0.762. The lowest BCUT2D eigenvalue weighted by atomic mass is 10.0. The molecule has 1 aromatic carbocycles. The summed E-state index contributed by atoms with van der Waals surface area (Å²) in [7, 11) is 0. The molecule has 4 heteroatoms. The van der Waals surface area contributed by atoms with Gasteiger partial charge in [-0.05, 0) is 32.0 Å². The molecule has 0 bridgehead atoms. The minimum Gasteiger partial charge on any atom is -0.295 e. The Morgan fingerprint density at radius 1 is 1.47 bits per heavy atom. The Labute approximate surface area is 98.9 Å².